The van der Waals surface area contributed by atoms with Crippen LogP contribution < -0.4 is 5.32 Å². The lowest BCUT2D eigenvalue weighted by Gasteiger charge is -2.16. The standard InChI is InChI=1S/C12H14BrFN4/c1-15-10(11-12(13)16-17-18(11)2)7-8-5-3-4-6-9(8)14/h3-6,10,15H,7H2,1-2H3. The van der Waals surface area contributed by atoms with Crippen molar-refractivity contribution in [3.8, 4) is 0 Å². The largest absolute Gasteiger partial charge is 0.311 e. The zero-order chi connectivity index (χ0) is 13.1. The number of aryl methyl sites for hydroxylation is 1. The van der Waals surface area contributed by atoms with Crippen LogP contribution in [0.4, 0.5) is 4.39 Å². The van der Waals surface area contributed by atoms with Gasteiger partial charge in [-0.25, -0.2) is 9.07 Å². The highest BCUT2D eigenvalue weighted by Gasteiger charge is 2.20. The van der Waals surface area contributed by atoms with E-state index >= 15 is 0 Å². The molecule has 1 aromatic carbocycles. The second-order valence-electron chi connectivity index (χ2n) is 4.03. The van der Waals surface area contributed by atoms with E-state index in [2.05, 4.69) is 31.6 Å². The zero-order valence-electron chi connectivity index (χ0n) is 10.2. The maximum absolute atomic E-state index is 13.7. The molecule has 1 unspecified atom stereocenters. The molecular formula is C12H14BrFN4. The van der Waals surface area contributed by atoms with Gasteiger partial charge in [0.1, 0.15) is 5.82 Å². The highest BCUT2D eigenvalue weighted by atomic mass is 79.9. The van der Waals surface area contributed by atoms with Gasteiger partial charge in [-0.15, -0.1) is 5.10 Å². The molecule has 0 saturated carbocycles. The molecule has 0 aliphatic heterocycles. The minimum absolute atomic E-state index is 0.0451. The van der Waals surface area contributed by atoms with Gasteiger partial charge in [0.15, 0.2) is 4.60 Å². The smallest absolute Gasteiger partial charge is 0.153 e. The van der Waals surface area contributed by atoms with Crippen LogP contribution in [0.2, 0.25) is 0 Å². The molecule has 0 saturated heterocycles. The topological polar surface area (TPSA) is 42.7 Å². The van der Waals surface area contributed by atoms with Crippen molar-refractivity contribution in [2.75, 3.05) is 7.05 Å². The van der Waals surface area contributed by atoms with Crippen molar-refractivity contribution in [1.82, 2.24) is 20.3 Å². The fourth-order valence-corrected chi connectivity index (χ4v) is 2.53. The Hall–Kier alpha value is -1.27. The maximum Gasteiger partial charge on any atom is 0.153 e. The Balaban J connectivity index is 2.28. The summed E-state index contributed by atoms with van der Waals surface area (Å²) in [5.74, 6) is -0.191. The Labute approximate surface area is 113 Å². The van der Waals surface area contributed by atoms with E-state index in [9.17, 15) is 4.39 Å². The molecule has 2 aromatic rings. The van der Waals surface area contributed by atoms with Crippen molar-refractivity contribution >= 4 is 15.9 Å². The summed E-state index contributed by atoms with van der Waals surface area (Å²) in [7, 11) is 3.66. The van der Waals surface area contributed by atoms with Crippen molar-refractivity contribution in [3.63, 3.8) is 0 Å². The number of nitrogens with one attached hydrogen (secondary N) is 1. The van der Waals surface area contributed by atoms with Crippen LogP contribution in [0.25, 0.3) is 0 Å². The third-order valence-electron chi connectivity index (χ3n) is 2.89. The van der Waals surface area contributed by atoms with Crippen molar-refractivity contribution in [1.29, 1.82) is 0 Å². The van der Waals surface area contributed by atoms with E-state index in [1.807, 2.05) is 20.2 Å². The van der Waals surface area contributed by atoms with Crippen LogP contribution in [0.5, 0.6) is 0 Å². The lowest BCUT2D eigenvalue weighted by atomic mass is 10.0. The number of hydrogen-bond donors (Lipinski definition) is 1. The van der Waals surface area contributed by atoms with E-state index in [4.69, 9.17) is 0 Å². The first-order valence-electron chi connectivity index (χ1n) is 5.59. The Kier molecular flexibility index (Phi) is 4.08. The van der Waals surface area contributed by atoms with Gasteiger partial charge in [-0.1, -0.05) is 23.4 Å². The minimum atomic E-state index is -0.191. The molecule has 0 radical (unpaired) electrons. The van der Waals surface area contributed by atoms with Gasteiger partial charge in [-0.05, 0) is 41.0 Å². The average Bonchev–Trinajstić information content (AvgIpc) is 2.69. The Morgan fingerprint density at radius 2 is 2.17 bits per heavy atom. The first kappa shape index (κ1) is 13.2. The molecule has 0 fully saturated rings. The van der Waals surface area contributed by atoms with Crippen LogP contribution in [0.1, 0.15) is 17.3 Å². The molecule has 0 aliphatic carbocycles. The van der Waals surface area contributed by atoms with Gasteiger partial charge in [-0.2, -0.15) is 0 Å². The predicted octanol–water partition coefficient (Wildman–Crippen LogP) is 2.22. The van der Waals surface area contributed by atoms with Gasteiger partial charge < -0.3 is 5.32 Å². The minimum Gasteiger partial charge on any atom is -0.311 e. The van der Waals surface area contributed by atoms with E-state index < -0.39 is 0 Å². The Bertz CT molecular complexity index is 521. The van der Waals surface area contributed by atoms with Crippen molar-refractivity contribution in [2.24, 2.45) is 7.05 Å². The number of hydrogen-bond acceptors (Lipinski definition) is 3. The normalized spacial score (nSPS) is 12.7. The molecule has 1 aromatic heterocycles. The number of likely N-dealkylation sites (N-methyl/N-ethyl adjacent to an activating group) is 1. The van der Waals surface area contributed by atoms with Crippen molar-refractivity contribution in [3.05, 3.63) is 45.9 Å². The van der Waals surface area contributed by atoms with E-state index in [-0.39, 0.29) is 11.9 Å². The van der Waals surface area contributed by atoms with Gasteiger partial charge >= 0.3 is 0 Å². The Morgan fingerprint density at radius 1 is 1.44 bits per heavy atom. The summed E-state index contributed by atoms with van der Waals surface area (Å²) in [4.78, 5) is 0. The molecule has 1 atom stereocenters. The zero-order valence-corrected chi connectivity index (χ0v) is 11.8. The summed E-state index contributed by atoms with van der Waals surface area (Å²) in [5, 5.41) is 11.0. The highest BCUT2D eigenvalue weighted by molar-refractivity contribution is 9.10. The number of benzene rings is 1. The maximum atomic E-state index is 13.7. The molecule has 0 spiro atoms. The summed E-state index contributed by atoms with van der Waals surface area (Å²) in [6, 6.07) is 6.74. The number of aromatic nitrogens is 3. The van der Waals surface area contributed by atoms with Crippen LogP contribution in [-0.4, -0.2) is 22.0 Å². The predicted molar refractivity (Wildman–Crippen MR) is 70.6 cm³/mol. The van der Waals surface area contributed by atoms with Crippen LogP contribution >= 0.6 is 15.9 Å². The molecule has 2 rings (SSSR count). The fraction of sp³-hybridized carbons (Fsp3) is 0.333. The molecule has 4 nitrogen and oxygen atoms in total. The van der Waals surface area contributed by atoms with E-state index in [1.165, 1.54) is 6.07 Å². The second-order valence-corrected chi connectivity index (χ2v) is 4.78. The van der Waals surface area contributed by atoms with Crippen LogP contribution in [0, 0.1) is 5.82 Å². The third-order valence-corrected chi connectivity index (χ3v) is 3.45. The van der Waals surface area contributed by atoms with Crippen LogP contribution in [0.15, 0.2) is 28.9 Å². The van der Waals surface area contributed by atoms with Gasteiger partial charge in [0, 0.05) is 7.05 Å². The Morgan fingerprint density at radius 3 is 2.72 bits per heavy atom. The van der Waals surface area contributed by atoms with Crippen molar-refractivity contribution in [2.45, 2.75) is 12.5 Å². The first-order chi connectivity index (χ1) is 8.63. The van der Waals surface area contributed by atoms with Gasteiger partial charge in [0.25, 0.3) is 0 Å². The summed E-state index contributed by atoms with van der Waals surface area (Å²) in [6.07, 6.45) is 0.545. The molecule has 18 heavy (non-hydrogen) atoms. The molecule has 0 amide bonds. The molecule has 1 heterocycles. The second kappa shape index (κ2) is 5.58. The molecule has 1 N–H and O–H groups in total. The van der Waals surface area contributed by atoms with Crippen molar-refractivity contribution < 1.29 is 4.39 Å². The molecule has 96 valence electrons. The first-order valence-corrected chi connectivity index (χ1v) is 6.38. The summed E-state index contributed by atoms with van der Waals surface area (Å²) >= 11 is 3.36. The van der Waals surface area contributed by atoms with Crippen LogP contribution in [0.3, 0.4) is 0 Å². The highest BCUT2D eigenvalue weighted by Crippen LogP contribution is 2.24. The quantitative estimate of drug-likeness (QED) is 0.941. The number of rotatable bonds is 4. The monoisotopic (exact) mass is 312 g/mol. The fourth-order valence-electron chi connectivity index (χ4n) is 1.93. The summed E-state index contributed by atoms with van der Waals surface area (Å²) < 4.78 is 16.0. The number of nitrogens with zero attached hydrogens (tertiary/aromatic N) is 3. The van der Waals surface area contributed by atoms with E-state index in [0.29, 0.717) is 16.6 Å². The number of halogens is 2. The summed E-state index contributed by atoms with van der Waals surface area (Å²) in [6.45, 7) is 0. The molecular weight excluding hydrogens is 299 g/mol. The third kappa shape index (κ3) is 2.59. The summed E-state index contributed by atoms with van der Waals surface area (Å²) in [5.41, 5.74) is 1.57. The van der Waals surface area contributed by atoms with Gasteiger partial charge in [0.2, 0.25) is 0 Å². The average molecular weight is 313 g/mol. The molecule has 0 aliphatic rings. The van der Waals surface area contributed by atoms with E-state index in [0.717, 1.165) is 5.69 Å². The van der Waals surface area contributed by atoms with Gasteiger partial charge in [0.05, 0.1) is 11.7 Å². The lowest BCUT2D eigenvalue weighted by Crippen LogP contribution is -2.22. The molecule has 0 bridgehead atoms. The SMILES string of the molecule is CNC(Cc1ccccc1F)c1c(Br)nnn1C. The lowest BCUT2D eigenvalue weighted by molar-refractivity contribution is 0.516. The molecule has 6 heteroatoms. The van der Waals surface area contributed by atoms with Crippen LogP contribution in [-0.2, 0) is 13.5 Å². The van der Waals surface area contributed by atoms with E-state index in [1.54, 1.807) is 16.8 Å². The van der Waals surface area contributed by atoms with Gasteiger partial charge in [-0.3, -0.25) is 0 Å².